The van der Waals surface area contributed by atoms with Gasteiger partial charge in [-0.1, -0.05) is 17.7 Å². The lowest BCUT2D eigenvalue weighted by atomic mass is 10.3. The average molecular weight is 255 g/mol. The quantitative estimate of drug-likeness (QED) is 0.915. The zero-order chi connectivity index (χ0) is 12.3. The van der Waals surface area contributed by atoms with E-state index in [0.717, 1.165) is 0 Å². The van der Waals surface area contributed by atoms with Gasteiger partial charge in [-0.15, -0.1) is 10.2 Å². The summed E-state index contributed by atoms with van der Waals surface area (Å²) in [4.78, 5) is 0. The number of halogens is 2. The van der Waals surface area contributed by atoms with Crippen molar-refractivity contribution in [3.05, 3.63) is 46.9 Å². The molecule has 0 fully saturated rings. The predicted octanol–water partition coefficient (Wildman–Crippen LogP) is 2.55. The molecule has 1 aromatic carbocycles. The van der Waals surface area contributed by atoms with Crippen molar-refractivity contribution in [3.63, 3.8) is 0 Å². The summed E-state index contributed by atoms with van der Waals surface area (Å²) in [7, 11) is 0. The molecule has 0 radical (unpaired) electrons. The monoisotopic (exact) mass is 254 g/mol. The van der Waals surface area contributed by atoms with E-state index in [4.69, 9.17) is 21.4 Å². The van der Waals surface area contributed by atoms with E-state index < -0.39 is 5.82 Å². The second-order valence-electron chi connectivity index (χ2n) is 3.18. The number of hydrogen-bond acceptors (Lipinski definition) is 4. The first-order chi connectivity index (χ1) is 8.20. The molecule has 6 heteroatoms. The molecule has 0 aliphatic rings. The molecule has 1 aromatic heterocycles. The van der Waals surface area contributed by atoms with Crippen molar-refractivity contribution in [2.75, 3.05) is 0 Å². The Bertz CT molecular complexity index is 519. The Kier molecular flexibility index (Phi) is 3.51. The first kappa shape index (κ1) is 11.8. The number of rotatable bonds is 3. The van der Waals surface area contributed by atoms with Crippen molar-refractivity contribution in [3.8, 4) is 11.6 Å². The van der Waals surface area contributed by atoms with E-state index in [1.54, 1.807) is 6.07 Å². The van der Waals surface area contributed by atoms with Crippen molar-refractivity contribution < 1.29 is 14.2 Å². The van der Waals surface area contributed by atoms with Gasteiger partial charge in [0.15, 0.2) is 11.6 Å². The molecule has 0 spiro atoms. The minimum Gasteiger partial charge on any atom is -0.434 e. The van der Waals surface area contributed by atoms with Gasteiger partial charge in [0.05, 0.1) is 17.3 Å². The van der Waals surface area contributed by atoms with E-state index in [0.29, 0.717) is 5.69 Å². The zero-order valence-corrected chi connectivity index (χ0v) is 9.36. The molecule has 0 saturated carbocycles. The predicted molar refractivity (Wildman–Crippen MR) is 59.4 cm³/mol. The summed E-state index contributed by atoms with van der Waals surface area (Å²) in [6, 6.07) is 7.44. The summed E-state index contributed by atoms with van der Waals surface area (Å²) in [6.07, 6.45) is 0. The molecular weight excluding hydrogens is 247 g/mol. The van der Waals surface area contributed by atoms with Crippen molar-refractivity contribution >= 4 is 11.6 Å². The maximum absolute atomic E-state index is 13.5. The summed E-state index contributed by atoms with van der Waals surface area (Å²) in [5.74, 6) is -0.547. The number of aliphatic hydroxyl groups is 1. The van der Waals surface area contributed by atoms with Gasteiger partial charge in [-0.25, -0.2) is 4.39 Å². The van der Waals surface area contributed by atoms with Gasteiger partial charge in [-0.3, -0.25) is 0 Å². The van der Waals surface area contributed by atoms with Gasteiger partial charge in [0.1, 0.15) is 0 Å². The first-order valence-corrected chi connectivity index (χ1v) is 5.14. The summed E-state index contributed by atoms with van der Waals surface area (Å²) in [5, 5.41) is 16.1. The van der Waals surface area contributed by atoms with Gasteiger partial charge in [-0.2, -0.15) is 0 Å². The van der Waals surface area contributed by atoms with Gasteiger partial charge in [0.25, 0.3) is 0 Å². The molecule has 4 nitrogen and oxygen atoms in total. The Balaban J connectivity index is 2.22. The van der Waals surface area contributed by atoms with Crippen LogP contribution < -0.4 is 4.74 Å². The van der Waals surface area contributed by atoms with Crippen LogP contribution in [0.25, 0.3) is 0 Å². The smallest absolute Gasteiger partial charge is 0.239 e. The largest absolute Gasteiger partial charge is 0.434 e. The van der Waals surface area contributed by atoms with E-state index in [1.165, 1.54) is 24.3 Å². The van der Waals surface area contributed by atoms with E-state index in [-0.39, 0.29) is 23.3 Å². The van der Waals surface area contributed by atoms with E-state index >= 15 is 0 Å². The molecule has 0 bridgehead atoms. The van der Waals surface area contributed by atoms with Gasteiger partial charge in [-0.05, 0) is 18.2 Å². The molecule has 17 heavy (non-hydrogen) atoms. The average Bonchev–Trinajstić information content (AvgIpc) is 2.36. The van der Waals surface area contributed by atoms with Gasteiger partial charge >= 0.3 is 0 Å². The van der Waals surface area contributed by atoms with Crippen LogP contribution in [0.4, 0.5) is 4.39 Å². The summed E-state index contributed by atoms with van der Waals surface area (Å²) >= 11 is 5.60. The van der Waals surface area contributed by atoms with Crippen LogP contribution >= 0.6 is 11.6 Å². The van der Waals surface area contributed by atoms with Crippen molar-refractivity contribution in [1.29, 1.82) is 0 Å². The highest BCUT2D eigenvalue weighted by Gasteiger charge is 2.09. The third kappa shape index (κ3) is 2.69. The number of benzene rings is 1. The van der Waals surface area contributed by atoms with Crippen LogP contribution in [0.2, 0.25) is 5.02 Å². The third-order valence-corrected chi connectivity index (χ3v) is 2.28. The highest BCUT2D eigenvalue weighted by atomic mass is 35.5. The molecule has 1 heterocycles. The number of hydrogen-bond donors (Lipinski definition) is 1. The zero-order valence-electron chi connectivity index (χ0n) is 8.60. The van der Waals surface area contributed by atoms with Gasteiger partial charge in [0, 0.05) is 6.07 Å². The molecule has 0 aliphatic carbocycles. The second kappa shape index (κ2) is 5.07. The Hall–Kier alpha value is -1.72. The summed E-state index contributed by atoms with van der Waals surface area (Å²) in [6.45, 7) is -0.210. The van der Waals surface area contributed by atoms with Crippen LogP contribution in [-0.2, 0) is 6.61 Å². The lowest BCUT2D eigenvalue weighted by Gasteiger charge is -2.05. The van der Waals surface area contributed by atoms with Crippen LogP contribution in [0.15, 0.2) is 30.3 Å². The molecule has 2 aromatic rings. The van der Waals surface area contributed by atoms with E-state index in [1.807, 2.05) is 0 Å². The molecule has 0 unspecified atom stereocenters. The molecule has 0 aliphatic heterocycles. The fourth-order valence-electron chi connectivity index (χ4n) is 1.16. The maximum atomic E-state index is 13.5. The SMILES string of the molecule is OCc1ccc(Oc2cccc(Cl)c2F)nn1. The summed E-state index contributed by atoms with van der Waals surface area (Å²) in [5.41, 5.74) is 0.406. The summed E-state index contributed by atoms with van der Waals surface area (Å²) < 4.78 is 18.7. The molecular formula is C11H8ClFN2O2. The number of nitrogens with zero attached hydrogens (tertiary/aromatic N) is 2. The van der Waals surface area contributed by atoms with Gasteiger partial charge in [0.2, 0.25) is 5.88 Å². The first-order valence-electron chi connectivity index (χ1n) is 4.76. The Morgan fingerprint density at radius 1 is 1.24 bits per heavy atom. The highest BCUT2D eigenvalue weighted by molar-refractivity contribution is 6.30. The molecule has 88 valence electrons. The molecule has 2 rings (SSSR count). The normalized spacial score (nSPS) is 10.3. The minimum absolute atomic E-state index is 0.0245. The molecule has 1 N–H and O–H groups in total. The lowest BCUT2D eigenvalue weighted by Crippen LogP contribution is -1.96. The number of aromatic nitrogens is 2. The maximum Gasteiger partial charge on any atom is 0.239 e. The Morgan fingerprint density at radius 2 is 2.06 bits per heavy atom. The van der Waals surface area contributed by atoms with E-state index in [2.05, 4.69) is 10.2 Å². The molecule has 0 saturated heterocycles. The Labute approximate surface area is 102 Å². The van der Waals surface area contributed by atoms with Crippen LogP contribution in [0, 0.1) is 5.82 Å². The lowest BCUT2D eigenvalue weighted by molar-refractivity contribution is 0.274. The Morgan fingerprint density at radius 3 is 2.71 bits per heavy atom. The topological polar surface area (TPSA) is 55.2 Å². The molecule has 0 atom stereocenters. The fraction of sp³-hybridized carbons (Fsp3) is 0.0909. The van der Waals surface area contributed by atoms with Crippen LogP contribution in [0.5, 0.6) is 11.6 Å². The second-order valence-corrected chi connectivity index (χ2v) is 3.58. The molecule has 0 amide bonds. The standard InChI is InChI=1S/C11H8ClFN2O2/c12-8-2-1-3-9(11(8)13)17-10-5-4-7(6-16)14-15-10/h1-5,16H,6H2. The third-order valence-electron chi connectivity index (χ3n) is 1.99. The van der Waals surface area contributed by atoms with E-state index in [9.17, 15) is 4.39 Å². The van der Waals surface area contributed by atoms with Gasteiger partial charge < -0.3 is 9.84 Å². The number of aliphatic hydroxyl groups excluding tert-OH is 1. The van der Waals surface area contributed by atoms with Crippen LogP contribution in [0.1, 0.15) is 5.69 Å². The minimum atomic E-state index is -0.651. The van der Waals surface area contributed by atoms with Crippen molar-refractivity contribution in [2.24, 2.45) is 0 Å². The highest BCUT2D eigenvalue weighted by Crippen LogP contribution is 2.27. The number of ether oxygens (including phenoxy) is 1. The van der Waals surface area contributed by atoms with Crippen molar-refractivity contribution in [2.45, 2.75) is 6.61 Å². The van der Waals surface area contributed by atoms with Crippen LogP contribution in [-0.4, -0.2) is 15.3 Å². The van der Waals surface area contributed by atoms with Crippen LogP contribution in [0.3, 0.4) is 0 Å². The van der Waals surface area contributed by atoms with Crippen molar-refractivity contribution in [1.82, 2.24) is 10.2 Å². The fourth-order valence-corrected chi connectivity index (χ4v) is 1.33.